The summed E-state index contributed by atoms with van der Waals surface area (Å²) in [5, 5.41) is 13.5. The van der Waals surface area contributed by atoms with Crippen molar-refractivity contribution >= 4 is 29.2 Å². The summed E-state index contributed by atoms with van der Waals surface area (Å²) in [4.78, 5) is 44.1. The monoisotopic (exact) mass is 525 g/mol. The normalized spacial score (nSPS) is 20.6. The Morgan fingerprint density at radius 2 is 1.71 bits per heavy atom. The summed E-state index contributed by atoms with van der Waals surface area (Å²) in [5.41, 5.74) is 1.30. The van der Waals surface area contributed by atoms with E-state index in [0.717, 1.165) is 45.8 Å². The molecule has 11 heteroatoms. The van der Waals surface area contributed by atoms with Crippen LogP contribution in [0.25, 0.3) is 5.57 Å². The maximum absolute atomic E-state index is 14.4. The van der Waals surface area contributed by atoms with Crippen LogP contribution in [-0.4, -0.2) is 88.2 Å². The van der Waals surface area contributed by atoms with Crippen LogP contribution in [0.15, 0.2) is 48.7 Å². The first kappa shape index (κ1) is 25.7. The number of urea groups is 2. The third-order valence-corrected chi connectivity index (χ3v) is 7.44. The molecule has 1 atom stereocenters. The Labute approximate surface area is 218 Å². The lowest BCUT2D eigenvalue weighted by molar-refractivity contribution is -0.133. The quantitative estimate of drug-likeness (QED) is 0.642. The molecule has 1 fully saturated rings. The van der Waals surface area contributed by atoms with Crippen molar-refractivity contribution in [3.63, 3.8) is 0 Å². The van der Waals surface area contributed by atoms with Gasteiger partial charge in [0.2, 0.25) is 5.91 Å². The van der Waals surface area contributed by atoms with Crippen molar-refractivity contribution in [1.82, 2.24) is 19.6 Å². The van der Waals surface area contributed by atoms with Crippen LogP contribution in [0, 0.1) is 11.6 Å². The van der Waals surface area contributed by atoms with E-state index >= 15 is 0 Å². The number of halogens is 2. The predicted molar refractivity (Wildman–Crippen MR) is 136 cm³/mol. The first-order valence-electron chi connectivity index (χ1n) is 12.6. The minimum Gasteiger partial charge on any atom is -0.369 e. The molecule has 0 aliphatic carbocycles. The number of aliphatic hydroxyl groups is 1. The van der Waals surface area contributed by atoms with E-state index in [4.69, 9.17) is 0 Å². The smallest absolute Gasteiger partial charge is 0.326 e. The summed E-state index contributed by atoms with van der Waals surface area (Å²) in [6.45, 7) is 1.04. The van der Waals surface area contributed by atoms with Gasteiger partial charge in [0.1, 0.15) is 18.2 Å². The van der Waals surface area contributed by atoms with Crippen molar-refractivity contribution in [3.05, 3.63) is 71.4 Å². The summed E-state index contributed by atoms with van der Waals surface area (Å²) < 4.78 is 28.8. The molecule has 1 unspecified atom stereocenters. The van der Waals surface area contributed by atoms with Crippen molar-refractivity contribution in [3.8, 4) is 0 Å². The number of para-hydroxylation sites is 1. The summed E-state index contributed by atoms with van der Waals surface area (Å²) in [7, 11) is 1.30. The van der Waals surface area contributed by atoms with E-state index in [2.05, 4.69) is 5.32 Å². The number of piperidine rings is 1. The van der Waals surface area contributed by atoms with Gasteiger partial charge in [-0.15, -0.1) is 0 Å². The van der Waals surface area contributed by atoms with E-state index in [-0.39, 0.29) is 30.1 Å². The highest BCUT2D eigenvalue weighted by molar-refractivity contribution is 5.91. The molecule has 1 saturated heterocycles. The molecule has 3 heterocycles. The zero-order valence-electron chi connectivity index (χ0n) is 20.9. The van der Waals surface area contributed by atoms with Gasteiger partial charge in [-0.25, -0.2) is 18.4 Å². The molecule has 0 radical (unpaired) electrons. The summed E-state index contributed by atoms with van der Waals surface area (Å²) in [6, 6.07) is 10.2. The molecule has 200 valence electrons. The van der Waals surface area contributed by atoms with Crippen LogP contribution < -0.4 is 5.32 Å². The van der Waals surface area contributed by atoms with Gasteiger partial charge in [0, 0.05) is 50.2 Å². The van der Waals surface area contributed by atoms with E-state index in [1.54, 1.807) is 4.90 Å². The summed E-state index contributed by atoms with van der Waals surface area (Å²) in [6.07, 6.45) is 1.48. The topological polar surface area (TPSA) is 96.4 Å². The predicted octanol–water partition coefficient (Wildman–Crippen LogP) is 3.07. The van der Waals surface area contributed by atoms with E-state index in [9.17, 15) is 28.3 Å². The number of carbonyl (C=O) groups excluding carboxylic acids is 3. The Balaban J connectivity index is 1.24. The highest BCUT2D eigenvalue weighted by Gasteiger charge is 2.36. The van der Waals surface area contributed by atoms with Gasteiger partial charge in [0.05, 0.1) is 5.56 Å². The first-order valence-corrected chi connectivity index (χ1v) is 12.6. The molecule has 2 N–H and O–H groups in total. The fourth-order valence-corrected chi connectivity index (χ4v) is 5.30. The van der Waals surface area contributed by atoms with Crippen molar-refractivity contribution in [2.75, 3.05) is 38.5 Å². The van der Waals surface area contributed by atoms with E-state index in [1.807, 2.05) is 29.2 Å². The van der Waals surface area contributed by atoms with E-state index < -0.39 is 29.5 Å². The average molecular weight is 526 g/mol. The number of likely N-dealkylation sites (N-methyl/N-ethyl adjacent to an activating group) is 1. The van der Waals surface area contributed by atoms with Crippen LogP contribution in [0.2, 0.25) is 0 Å². The number of benzene rings is 2. The number of amides is 5. The molecule has 0 saturated carbocycles. The number of fused-ring (bicyclic) bond motifs is 1. The zero-order valence-corrected chi connectivity index (χ0v) is 20.9. The lowest BCUT2D eigenvalue weighted by Crippen LogP contribution is -2.54. The molecule has 0 bridgehead atoms. The number of hydrogen-bond acceptors (Lipinski definition) is 4. The highest BCUT2D eigenvalue weighted by atomic mass is 19.1. The molecule has 0 aromatic heterocycles. The van der Waals surface area contributed by atoms with Crippen molar-refractivity contribution in [2.24, 2.45) is 0 Å². The minimum absolute atomic E-state index is 0.0261. The van der Waals surface area contributed by atoms with Crippen LogP contribution >= 0.6 is 0 Å². The largest absolute Gasteiger partial charge is 0.369 e. The van der Waals surface area contributed by atoms with Gasteiger partial charge in [-0.3, -0.25) is 14.6 Å². The van der Waals surface area contributed by atoms with Gasteiger partial charge in [0.25, 0.3) is 0 Å². The van der Waals surface area contributed by atoms with Crippen LogP contribution in [0.1, 0.15) is 24.0 Å². The van der Waals surface area contributed by atoms with Crippen molar-refractivity contribution in [1.29, 1.82) is 0 Å². The van der Waals surface area contributed by atoms with Gasteiger partial charge >= 0.3 is 12.1 Å². The third kappa shape index (κ3) is 4.81. The van der Waals surface area contributed by atoms with E-state index in [1.165, 1.54) is 13.1 Å². The van der Waals surface area contributed by atoms with Gasteiger partial charge < -0.3 is 20.2 Å². The molecule has 38 heavy (non-hydrogen) atoms. The van der Waals surface area contributed by atoms with Crippen LogP contribution in [0.5, 0.6) is 0 Å². The van der Waals surface area contributed by atoms with E-state index in [0.29, 0.717) is 32.5 Å². The van der Waals surface area contributed by atoms with Gasteiger partial charge in [-0.1, -0.05) is 24.3 Å². The van der Waals surface area contributed by atoms with Crippen molar-refractivity contribution in [2.45, 2.75) is 31.5 Å². The number of anilines is 1. The number of nitrogens with one attached hydrogen (secondary N) is 1. The molecular formula is C27H29F2N5O4. The maximum Gasteiger partial charge on any atom is 0.326 e. The number of carbonyl (C=O) groups is 3. The molecular weight excluding hydrogens is 496 g/mol. The maximum atomic E-state index is 14.4. The van der Waals surface area contributed by atoms with Crippen LogP contribution in [-0.2, 0) is 11.2 Å². The Morgan fingerprint density at radius 3 is 2.42 bits per heavy atom. The fourth-order valence-electron chi connectivity index (χ4n) is 5.30. The second-order valence-corrected chi connectivity index (χ2v) is 9.72. The van der Waals surface area contributed by atoms with Crippen LogP contribution in [0.3, 0.4) is 0 Å². The molecule has 5 amide bonds. The molecule has 5 rings (SSSR count). The second kappa shape index (κ2) is 10.4. The molecule has 0 spiro atoms. The Morgan fingerprint density at radius 1 is 1.03 bits per heavy atom. The SMILES string of the molecule is CN1C(=O)N(CC(=O)N2CCC(N3CCc4ccccc4NC3=O)CC2)C=C(c2c(F)cccc2F)C1O. The number of likely N-dealkylation sites (tertiary alicyclic amines) is 1. The zero-order chi connectivity index (χ0) is 27.0. The fraction of sp³-hybridized carbons (Fsp3) is 0.370. The second-order valence-electron chi connectivity index (χ2n) is 9.72. The molecule has 3 aliphatic heterocycles. The lowest BCUT2D eigenvalue weighted by Gasteiger charge is -2.39. The Bertz CT molecular complexity index is 1270. The average Bonchev–Trinajstić information content (AvgIpc) is 3.07. The third-order valence-electron chi connectivity index (χ3n) is 7.44. The molecule has 9 nitrogen and oxygen atoms in total. The van der Waals surface area contributed by atoms with Gasteiger partial charge in [0.15, 0.2) is 6.23 Å². The van der Waals surface area contributed by atoms with Gasteiger partial charge in [-0.05, 0) is 43.0 Å². The number of aliphatic hydroxyl groups excluding tert-OH is 1. The number of nitrogens with zero attached hydrogens (tertiary/aromatic N) is 4. The number of hydrogen-bond donors (Lipinski definition) is 2. The van der Waals surface area contributed by atoms with Gasteiger partial charge in [-0.2, -0.15) is 0 Å². The Hall–Kier alpha value is -3.99. The molecule has 2 aromatic carbocycles. The molecule has 2 aromatic rings. The number of rotatable bonds is 4. The summed E-state index contributed by atoms with van der Waals surface area (Å²) >= 11 is 0. The minimum atomic E-state index is -1.57. The molecule has 3 aliphatic rings. The highest BCUT2D eigenvalue weighted by Crippen LogP contribution is 2.30. The van der Waals surface area contributed by atoms with Crippen LogP contribution in [0.4, 0.5) is 24.1 Å². The summed E-state index contributed by atoms with van der Waals surface area (Å²) in [5.74, 6) is -2.10. The first-order chi connectivity index (χ1) is 18.2. The standard InChI is InChI=1S/C27H29F2N5O4/c1-31-25(36)19(24-20(28)6-4-7-21(24)29)15-33(27(31)38)16-23(35)32-12-10-18(11-13-32)34-14-9-17-5-2-3-8-22(17)30-26(34)37/h2-8,15,18,25,36H,9-14,16H2,1H3,(H,30,37). The van der Waals surface area contributed by atoms with Crippen molar-refractivity contribution < 1.29 is 28.3 Å². The Kier molecular flexibility index (Phi) is 7.02. The lowest BCUT2D eigenvalue weighted by atomic mass is 10.0.